The summed E-state index contributed by atoms with van der Waals surface area (Å²) in [6.07, 6.45) is 0. The Morgan fingerprint density at radius 3 is 2.70 bits per heavy atom. The van der Waals surface area contributed by atoms with Gasteiger partial charge in [-0.3, -0.25) is 4.79 Å². The molecule has 3 rings (SSSR count). The van der Waals surface area contributed by atoms with Crippen LogP contribution in [0.4, 0.5) is 15.8 Å². The highest BCUT2D eigenvalue weighted by atomic mass is 19.1. The quantitative estimate of drug-likeness (QED) is 0.910. The summed E-state index contributed by atoms with van der Waals surface area (Å²) >= 11 is 0. The molecule has 0 bridgehead atoms. The number of amides is 1. The number of rotatable bonds is 2. The number of carbonyl (C=O) groups excluding carboxylic acids is 1. The zero-order valence-corrected chi connectivity index (χ0v) is 11.4. The Labute approximate surface area is 117 Å². The smallest absolute Gasteiger partial charge is 0.236 e. The maximum atomic E-state index is 13.4. The summed E-state index contributed by atoms with van der Waals surface area (Å²) < 4.78 is 13.4. The molecule has 1 N–H and O–H groups in total. The van der Waals surface area contributed by atoms with Crippen molar-refractivity contribution >= 4 is 17.3 Å². The third-order valence-electron chi connectivity index (χ3n) is 3.56. The summed E-state index contributed by atoms with van der Waals surface area (Å²) in [5, 5.41) is 2.80. The third kappa shape index (κ3) is 2.03. The molecule has 1 unspecified atom stereocenters. The van der Waals surface area contributed by atoms with Gasteiger partial charge < -0.3 is 10.2 Å². The first-order valence-electron chi connectivity index (χ1n) is 6.44. The van der Waals surface area contributed by atoms with Gasteiger partial charge in [0, 0.05) is 25.5 Å². The Bertz CT molecular complexity index is 682. The van der Waals surface area contributed by atoms with Gasteiger partial charge in [0.25, 0.3) is 0 Å². The molecule has 20 heavy (non-hydrogen) atoms. The Morgan fingerprint density at radius 2 is 1.95 bits per heavy atom. The number of benzene rings is 2. The van der Waals surface area contributed by atoms with Crippen molar-refractivity contribution in [2.75, 3.05) is 24.3 Å². The third-order valence-corrected chi connectivity index (χ3v) is 3.56. The topological polar surface area (TPSA) is 32.3 Å². The van der Waals surface area contributed by atoms with Crippen molar-refractivity contribution in [1.82, 2.24) is 0 Å². The molecule has 102 valence electrons. The fourth-order valence-electron chi connectivity index (χ4n) is 2.55. The van der Waals surface area contributed by atoms with Crippen molar-refractivity contribution < 1.29 is 9.18 Å². The molecule has 4 heteroatoms. The number of carbonyl (C=O) groups is 1. The van der Waals surface area contributed by atoms with E-state index in [2.05, 4.69) is 5.32 Å². The first-order valence-corrected chi connectivity index (χ1v) is 6.44. The monoisotopic (exact) mass is 270 g/mol. The fraction of sp³-hybridized carbons (Fsp3) is 0.188. The minimum atomic E-state index is -0.444. The number of nitrogens with zero attached hydrogens (tertiary/aromatic N) is 1. The molecule has 1 atom stereocenters. The van der Waals surface area contributed by atoms with E-state index in [9.17, 15) is 9.18 Å². The number of hydrogen-bond donors (Lipinski definition) is 1. The summed E-state index contributed by atoms with van der Waals surface area (Å²) in [5.74, 6) is -0.879. The minimum Gasteiger partial charge on any atom is -0.378 e. The Kier molecular flexibility index (Phi) is 2.93. The fourth-order valence-corrected chi connectivity index (χ4v) is 2.55. The van der Waals surface area contributed by atoms with Crippen LogP contribution in [0.1, 0.15) is 17.0 Å². The van der Waals surface area contributed by atoms with E-state index in [1.165, 1.54) is 12.1 Å². The molecule has 0 saturated heterocycles. The molecular weight excluding hydrogens is 255 g/mol. The van der Waals surface area contributed by atoms with Crippen LogP contribution < -0.4 is 10.2 Å². The molecule has 2 aromatic rings. The highest BCUT2D eigenvalue weighted by molar-refractivity contribution is 6.05. The second kappa shape index (κ2) is 4.63. The lowest BCUT2D eigenvalue weighted by Gasteiger charge is -2.16. The van der Waals surface area contributed by atoms with Gasteiger partial charge in [-0.1, -0.05) is 12.1 Å². The van der Waals surface area contributed by atoms with E-state index < -0.39 is 5.92 Å². The van der Waals surface area contributed by atoms with Crippen molar-refractivity contribution in [3.8, 4) is 0 Å². The van der Waals surface area contributed by atoms with Crippen LogP contribution in [0.2, 0.25) is 0 Å². The van der Waals surface area contributed by atoms with E-state index in [0.717, 1.165) is 11.3 Å². The molecule has 1 amide bonds. The van der Waals surface area contributed by atoms with Gasteiger partial charge in [-0.2, -0.15) is 0 Å². The van der Waals surface area contributed by atoms with Gasteiger partial charge in [0.2, 0.25) is 5.91 Å². The molecule has 1 heterocycles. The predicted molar refractivity (Wildman–Crippen MR) is 77.6 cm³/mol. The van der Waals surface area contributed by atoms with Crippen LogP contribution in [0, 0.1) is 5.82 Å². The molecule has 0 saturated carbocycles. The Balaban J connectivity index is 2.09. The van der Waals surface area contributed by atoms with Crippen LogP contribution in [0.15, 0.2) is 42.5 Å². The molecule has 2 aromatic carbocycles. The average molecular weight is 270 g/mol. The van der Waals surface area contributed by atoms with Crippen LogP contribution in [0.3, 0.4) is 0 Å². The lowest BCUT2D eigenvalue weighted by Crippen LogP contribution is -2.14. The molecular formula is C16H15FN2O. The number of anilines is 2. The van der Waals surface area contributed by atoms with Gasteiger partial charge in [-0.15, -0.1) is 0 Å². The zero-order chi connectivity index (χ0) is 14.3. The lowest BCUT2D eigenvalue weighted by atomic mass is 9.92. The van der Waals surface area contributed by atoms with Crippen molar-refractivity contribution in [2.45, 2.75) is 5.92 Å². The molecule has 1 aliphatic heterocycles. The SMILES string of the molecule is CN(C)c1cccc(C2C(=O)Nc3ccc(F)cc32)c1. The first-order chi connectivity index (χ1) is 9.56. The number of fused-ring (bicyclic) bond motifs is 1. The minimum absolute atomic E-state index is 0.110. The molecule has 0 radical (unpaired) electrons. The van der Waals surface area contributed by atoms with E-state index in [-0.39, 0.29) is 11.7 Å². The van der Waals surface area contributed by atoms with Crippen molar-refractivity contribution in [2.24, 2.45) is 0 Å². The predicted octanol–water partition coefficient (Wildman–Crippen LogP) is 2.98. The summed E-state index contributed by atoms with van der Waals surface area (Å²) in [6.45, 7) is 0. The van der Waals surface area contributed by atoms with Crippen molar-refractivity contribution in [1.29, 1.82) is 0 Å². The van der Waals surface area contributed by atoms with Crippen LogP contribution in [-0.2, 0) is 4.79 Å². The highest BCUT2D eigenvalue weighted by Gasteiger charge is 2.32. The Hall–Kier alpha value is -2.36. The molecule has 0 spiro atoms. The molecule has 0 aromatic heterocycles. The number of halogens is 1. The summed E-state index contributed by atoms with van der Waals surface area (Å²) in [5.41, 5.74) is 3.28. The van der Waals surface area contributed by atoms with Gasteiger partial charge in [0.15, 0.2) is 0 Å². The van der Waals surface area contributed by atoms with Gasteiger partial charge in [0.05, 0.1) is 5.92 Å². The first kappa shape index (κ1) is 12.7. The Morgan fingerprint density at radius 1 is 1.15 bits per heavy atom. The van der Waals surface area contributed by atoms with Crippen molar-refractivity contribution in [3.63, 3.8) is 0 Å². The largest absolute Gasteiger partial charge is 0.378 e. The number of nitrogens with one attached hydrogen (secondary N) is 1. The van der Waals surface area contributed by atoms with Crippen LogP contribution in [0.5, 0.6) is 0 Å². The number of hydrogen-bond acceptors (Lipinski definition) is 2. The second-order valence-corrected chi connectivity index (χ2v) is 5.14. The van der Waals surface area contributed by atoms with E-state index >= 15 is 0 Å². The molecule has 3 nitrogen and oxygen atoms in total. The van der Waals surface area contributed by atoms with E-state index in [1.807, 2.05) is 43.3 Å². The second-order valence-electron chi connectivity index (χ2n) is 5.14. The summed E-state index contributed by atoms with van der Waals surface area (Å²) in [6, 6.07) is 12.1. The van der Waals surface area contributed by atoms with E-state index in [0.29, 0.717) is 11.3 Å². The highest BCUT2D eigenvalue weighted by Crippen LogP contribution is 2.38. The van der Waals surface area contributed by atoms with E-state index in [1.54, 1.807) is 6.07 Å². The standard InChI is InChI=1S/C16H15FN2O/c1-19(2)12-5-3-4-10(8-12)15-13-9-11(17)6-7-14(13)18-16(15)20/h3-9,15H,1-2H3,(H,18,20). The summed E-state index contributed by atoms with van der Waals surface area (Å²) in [7, 11) is 3.89. The van der Waals surface area contributed by atoms with Crippen LogP contribution in [0.25, 0.3) is 0 Å². The van der Waals surface area contributed by atoms with Crippen LogP contribution >= 0.6 is 0 Å². The van der Waals surface area contributed by atoms with Gasteiger partial charge in [-0.25, -0.2) is 4.39 Å². The van der Waals surface area contributed by atoms with Gasteiger partial charge in [0.1, 0.15) is 5.82 Å². The maximum absolute atomic E-state index is 13.4. The maximum Gasteiger partial charge on any atom is 0.236 e. The molecule has 0 aliphatic carbocycles. The summed E-state index contributed by atoms with van der Waals surface area (Å²) in [4.78, 5) is 14.2. The van der Waals surface area contributed by atoms with E-state index in [4.69, 9.17) is 0 Å². The van der Waals surface area contributed by atoms with Gasteiger partial charge in [-0.05, 0) is 41.5 Å². The van der Waals surface area contributed by atoms with Crippen LogP contribution in [-0.4, -0.2) is 20.0 Å². The molecule has 0 fully saturated rings. The van der Waals surface area contributed by atoms with Crippen molar-refractivity contribution in [3.05, 3.63) is 59.4 Å². The van der Waals surface area contributed by atoms with Gasteiger partial charge >= 0.3 is 0 Å². The lowest BCUT2D eigenvalue weighted by molar-refractivity contribution is -0.116. The average Bonchev–Trinajstić information content (AvgIpc) is 2.74. The molecule has 1 aliphatic rings. The normalized spacial score (nSPS) is 16.8. The zero-order valence-electron chi connectivity index (χ0n) is 11.4.